The summed E-state index contributed by atoms with van der Waals surface area (Å²) in [5.74, 6) is 2.31. The van der Waals surface area contributed by atoms with Crippen molar-refractivity contribution < 1.29 is 19.1 Å². The molecule has 0 atom stereocenters. The summed E-state index contributed by atoms with van der Waals surface area (Å²) in [6.07, 6.45) is 2.98. The van der Waals surface area contributed by atoms with Gasteiger partial charge in [-0.3, -0.25) is 20.4 Å². The number of aromatic nitrogens is 4. The lowest BCUT2D eigenvalue weighted by molar-refractivity contribution is -0.121. The number of hydrogen-bond acceptors (Lipinski definition) is 8. The number of imidazole rings is 2. The van der Waals surface area contributed by atoms with Crippen molar-refractivity contribution in [2.24, 2.45) is 11.5 Å². The van der Waals surface area contributed by atoms with Crippen molar-refractivity contribution in [1.29, 1.82) is 10.8 Å². The summed E-state index contributed by atoms with van der Waals surface area (Å²) in [7, 11) is 0. The molecule has 6 rings (SSSR count). The average molecular weight is 715 g/mol. The number of nitrogen functional groups attached to an aromatic ring is 2. The van der Waals surface area contributed by atoms with E-state index in [1.807, 2.05) is 48.5 Å². The van der Waals surface area contributed by atoms with Gasteiger partial charge in [0.15, 0.2) is 0 Å². The van der Waals surface area contributed by atoms with Gasteiger partial charge >= 0.3 is 0 Å². The Kier molecular flexibility index (Phi) is 11.6. The summed E-state index contributed by atoms with van der Waals surface area (Å²) in [4.78, 5) is 40.1. The smallest absolute Gasteiger partial charge is 0.227 e. The Hall–Kier alpha value is -6.70. The molecule has 2 heterocycles. The zero-order valence-electron chi connectivity index (χ0n) is 29.1. The van der Waals surface area contributed by atoms with E-state index in [4.69, 9.17) is 31.8 Å². The summed E-state index contributed by atoms with van der Waals surface area (Å²) >= 11 is 0. The second-order valence-corrected chi connectivity index (χ2v) is 12.6. The summed E-state index contributed by atoms with van der Waals surface area (Å²) in [6.45, 7) is 1.98. The number of nitrogens with one attached hydrogen (secondary N) is 6. The highest BCUT2D eigenvalue weighted by molar-refractivity contribution is 5.98. The number of nitrogens with zero attached hydrogens (tertiary/aromatic N) is 2. The van der Waals surface area contributed by atoms with Crippen LogP contribution in [0.2, 0.25) is 0 Å². The van der Waals surface area contributed by atoms with Gasteiger partial charge in [0.05, 0.1) is 48.1 Å². The molecule has 2 amide bonds. The molecule has 0 radical (unpaired) electrons. The molecule has 0 unspecified atom stereocenters. The standard InChI is InChI=1S/C39H42N10O4/c40-38(41)26-8-14-30-32(18-26)48-34(46-30)20-36(50)44-22-24-4-10-28(11-5-24)52-16-2-1-3-17-53-29-12-6-25(7-13-29)23-45-37(51)21-35-47-31-15-9-27(39(42)43)19-33(31)49-35/h4-15,18-19H,1-3,16-17,20-23H2,(H3,40,41)(H3,42,43)(H,44,50)(H,45,51)(H,46,48)(H,47,49). The number of unbranched alkanes of at least 4 members (excludes halogenated alkanes) is 2. The summed E-state index contributed by atoms with van der Waals surface area (Å²) < 4.78 is 11.8. The molecular formula is C39H42N10O4. The first kappa shape index (κ1) is 36.1. The Morgan fingerprint density at radius 1 is 0.604 bits per heavy atom. The Morgan fingerprint density at radius 3 is 1.42 bits per heavy atom. The first-order chi connectivity index (χ1) is 25.7. The lowest BCUT2D eigenvalue weighted by Gasteiger charge is -2.09. The number of rotatable bonds is 18. The van der Waals surface area contributed by atoms with Crippen LogP contribution in [0.15, 0.2) is 84.9 Å². The van der Waals surface area contributed by atoms with Crippen LogP contribution in [0, 0.1) is 10.8 Å². The molecular weight excluding hydrogens is 672 g/mol. The normalized spacial score (nSPS) is 11.0. The maximum Gasteiger partial charge on any atom is 0.227 e. The van der Waals surface area contributed by atoms with E-state index in [2.05, 4.69) is 30.6 Å². The molecule has 0 aliphatic heterocycles. The first-order valence-corrected chi connectivity index (χ1v) is 17.3. The molecule has 4 aromatic carbocycles. The zero-order valence-corrected chi connectivity index (χ0v) is 29.1. The van der Waals surface area contributed by atoms with Crippen molar-refractivity contribution in [3.63, 3.8) is 0 Å². The molecule has 0 bridgehead atoms. The van der Waals surface area contributed by atoms with Gasteiger partial charge in [0.1, 0.15) is 34.8 Å². The molecule has 0 saturated heterocycles. The van der Waals surface area contributed by atoms with E-state index in [9.17, 15) is 9.59 Å². The Labute approximate surface area is 305 Å². The van der Waals surface area contributed by atoms with Crippen molar-refractivity contribution in [1.82, 2.24) is 30.6 Å². The minimum atomic E-state index is -0.151. The van der Waals surface area contributed by atoms with Gasteiger partial charge in [-0.2, -0.15) is 0 Å². The van der Waals surface area contributed by atoms with Gasteiger partial charge in [0, 0.05) is 24.2 Å². The van der Waals surface area contributed by atoms with Crippen molar-refractivity contribution in [3.05, 3.63) is 119 Å². The van der Waals surface area contributed by atoms with E-state index in [-0.39, 0.29) is 36.3 Å². The minimum Gasteiger partial charge on any atom is -0.494 e. The number of nitrogens with two attached hydrogens (primary N) is 2. The molecule has 14 nitrogen and oxygen atoms in total. The monoisotopic (exact) mass is 714 g/mol. The van der Waals surface area contributed by atoms with E-state index in [0.29, 0.717) is 49.1 Å². The third kappa shape index (κ3) is 10.2. The third-order valence-electron chi connectivity index (χ3n) is 8.49. The molecule has 6 aromatic rings. The lowest BCUT2D eigenvalue weighted by Crippen LogP contribution is -2.24. The fraction of sp³-hybridized carbons (Fsp3) is 0.231. The molecule has 2 aromatic heterocycles. The zero-order chi connectivity index (χ0) is 37.2. The quantitative estimate of drug-likeness (QED) is 0.0361. The van der Waals surface area contributed by atoms with Crippen LogP contribution in [-0.2, 0) is 35.5 Å². The lowest BCUT2D eigenvalue weighted by atomic mass is 10.2. The Bertz CT molecular complexity index is 2070. The summed E-state index contributed by atoms with van der Waals surface area (Å²) in [6, 6.07) is 25.9. The number of amidine groups is 2. The maximum atomic E-state index is 12.5. The van der Waals surface area contributed by atoms with Crippen LogP contribution in [-0.4, -0.2) is 56.6 Å². The van der Waals surface area contributed by atoms with Gasteiger partial charge in [0.2, 0.25) is 11.8 Å². The van der Waals surface area contributed by atoms with Gasteiger partial charge in [-0.25, -0.2) is 9.97 Å². The van der Waals surface area contributed by atoms with Gasteiger partial charge < -0.3 is 41.5 Å². The number of fused-ring (bicyclic) bond motifs is 2. The molecule has 0 spiro atoms. The van der Waals surface area contributed by atoms with Crippen LogP contribution in [0.4, 0.5) is 0 Å². The molecule has 0 aliphatic rings. The van der Waals surface area contributed by atoms with Crippen molar-refractivity contribution in [2.45, 2.75) is 45.2 Å². The molecule has 14 heteroatoms. The molecule has 0 saturated carbocycles. The number of ether oxygens (including phenoxy) is 2. The highest BCUT2D eigenvalue weighted by Crippen LogP contribution is 2.17. The van der Waals surface area contributed by atoms with Gasteiger partial charge in [-0.05, 0) is 91.1 Å². The van der Waals surface area contributed by atoms with Crippen LogP contribution in [0.5, 0.6) is 11.5 Å². The Morgan fingerprint density at radius 2 is 1.02 bits per heavy atom. The molecule has 10 N–H and O–H groups in total. The number of benzene rings is 4. The SMILES string of the molecule is N=C(N)c1ccc2nc(CC(=O)NCc3ccc(OCCCCCOc4ccc(CNC(=O)Cc5nc6ccc(C(=N)N)cc6[nH]5)cc4)cc3)[nH]c2c1. The molecule has 53 heavy (non-hydrogen) atoms. The predicted molar refractivity (Wildman–Crippen MR) is 203 cm³/mol. The van der Waals surface area contributed by atoms with Gasteiger partial charge in [-0.1, -0.05) is 24.3 Å². The van der Waals surface area contributed by atoms with E-state index in [1.165, 1.54) is 0 Å². The van der Waals surface area contributed by atoms with Crippen LogP contribution in [0.1, 0.15) is 53.2 Å². The van der Waals surface area contributed by atoms with Crippen molar-refractivity contribution in [3.8, 4) is 11.5 Å². The fourth-order valence-corrected chi connectivity index (χ4v) is 5.63. The van der Waals surface area contributed by atoms with Crippen LogP contribution in [0.3, 0.4) is 0 Å². The van der Waals surface area contributed by atoms with Crippen LogP contribution in [0.25, 0.3) is 22.1 Å². The number of carbonyl (C=O) groups is 2. The second kappa shape index (κ2) is 17.0. The topological polar surface area (TPSA) is 234 Å². The molecule has 0 aliphatic carbocycles. The Balaban J connectivity index is 0.813. The summed E-state index contributed by atoms with van der Waals surface area (Å²) in [5, 5.41) is 21.0. The molecule has 0 fully saturated rings. The van der Waals surface area contributed by atoms with E-state index < -0.39 is 0 Å². The number of carbonyl (C=O) groups excluding carboxylic acids is 2. The highest BCUT2D eigenvalue weighted by atomic mass is 16.5. The largest absolute Gasteiger partial charge is 0.494 e. The van der Waals surface area contributed by atoms with E-state index in [1.54, 1.807) is 36.4 Å². The number of amides is 2. The van der Waals surface area contributed by atoms with E-state index in [0.717, 1.165) is 64.0 Å². The second-order valence-electron chi connectivity index (χ2n) is 12.6. The maximum absolute atomic E-state index is 12.5. The van der Waals surface area contributed by atoms with E-state index >= 15 is 0 Å². The highest BCUT2D eigenvalue weighted by Gasteiger charge is 2.11. The van der Waals surface area contributed by atoms with Crippen LogP contribution < -0.4 is 31.6 Å². The third-order valence-corrected chi connectivity index (χ3v) is 8.49. The van der Waals surface area contributed by atoms with Gasteiger partial charge in [-0.15, -0.1) is 0 Å². The number of H-pyrrole nitrogens is 2. The summed E-state index contributed by atoms with van der Waals surface area (Å²) in [5.41, 5.74) is 17.1. The number of aromatic amines is 2. The minimum absolute atomic E-state index is 0.0216. The predicted octanol–water partition coefficient (Wildman–Crippen LogP) is 4.35. The fourth-order valence-electron chi connectivity index (χ4n) is 5.63. The van der Waals surface area contributed by atoms with Crippen molar-refractivity contribution >= 4 is 45.6 Å². The average Bonchev–Trinajstić information content (AvgIpc) is 3.75. The van der Waals surface area contributed by atoms with Crippen LogP contribution >= 0.6 is 0 Å². The number of hydrogen-bond donors (Lipinski definition) is 8. The van der Waals surface area contributed by atoms with Crippen molar-refractivity contribution in [2.75, 3.05) is 13.2 Å². The molecule has 272 valence electrons. The van der Waals surface area contributed by atoms with Gasteiger partial charge in [0.25, 0.3) is 0 Å². The first-order valence-electron chi connectivity index (χ1n) is 17.3.